The summed E-state index contributed by atoms with van der Waals surface area (Å²) in [6, 6.07) is 8.36. The van der Waals surface area contributed by atoms with Crippen LogP contribution < -0.4 is 5.32 Å². The molecule has 1 aliphatic carbocycles. The third kappa shape index (κ3) is 2.66. The van der Waals surface area contributed by atoms with Crippen LogP contribution in [-0.2, 0) is 15.1 Å². The molecule has 2 aliphatic rings. The van der Waals surface area contributed by atoms with Crippen molar-refractivity contribution in [1.82, 2.24) is 5.32 Å². The molecule has 0 unspecified atom stereocenters. The van der Waals surface area contributed by atoms with Crippen LogP contribution in [0.1, 0.15) is 36.8 Å². The minimum atomic E-state index is -0.0815. The summed E-state index contributed by atoms with van der Waals surface area (Å²) in [7, 11) is 0. The first-order valence-corrected chi connectivity index (χ1v) is 7.14. The zero-order valence-corrected chi connectivity index (χ0v) is 11.4. The zero-order valence-electron chi connectivity index (χ0n) is 11.4. The molecule has 0 aromatic heterocycles. The van der Waals surface area contributed by atoms with E-state index in [1.54, 1.807) is 0 Å². The number of hydrogen-bond donors (Lipinski definition) is 1. The highest BCUT2D eigenvalue weighted by molar-refractivity contribution is 5.78. The molecular formula is C16H21NO2. The van der Waals surface area contributed by atoms with Crippen LogP contribution in [0, 0.1) is 12.8 Å². The fraction of sp³-hybridized carbons (Fsp3) is 0.562. The van der Waals surface area contributed by atoms with Gasteiger partial charge in [0.15, 0.2) is 0 Å². The van der Waals surface area contributed by atoms with E-state index in [-0.39, 0.29) is 11.4 Å². The summed E-state index contributed by atoms with van der Waals surface area (Å²) in [4.78, 5) is 12.2. The molecule has 0 radical (unpaired) electrons. The predicted octanol–water partition coefficient (Wildman–Crippen LogP) is 2.53. The van der Waals surface area contributed by atoms with Gasteiger partial charge < -0.3 is 10.1 Å². The minimum absolute atomic E-state index is 0.0815. The molecular weight excluding hydrogens is 238 g/mol. The van der Waals surface area contributed by atoms with Crippen LogP contribution in [0.4, 0.5) is 0 Å². The van der Waals surface area contributed by atoms with Crippen LogP contribution in [0.15, 0.2) is 24.3 Å². The van der Waals surface area contributed by atoms with Crippen LogP contribution in [-0.4, -0.2) is 19.1 Å². The Morgan fingerprint density at radius 3 is 2.84 bits per heavy atom. The fourth-order valence-corrected chi connectivity index (χ4v) is 3.02. The van der Waals surface area contributed by atoms with Crippen LogP contribution in [0.5, 0.6) is 0 Å². The monoisotopic (exact) mass is 259 g/mol. The standard InChI is InChI=1S/C16H21NO2/c1-12-4-2-3-5-14(12)16(7-8-16)17-15(18)10-13-6-9-19-11-13/h2-5,13H,6-11H2,1H3,(H,17,18)/t13-/m0/s1. The molecule has 19 heavy (non-hydrogen) atoms. The smallest absolute Gasteiger partial charge is 0.221 e. The van der Waals surface area contributed by atoms with Gasteiger partial charge in [0.2, 0.25) is 5.91 Å². The van der Waals surface area contributed by atoms with Crippen molar-refractivity contribution in [2.45, 2.75) is 38.1 Å². The van der Waals surface area contributed by atoms with E-state index in [1.165, 1.54) is 11.1 Å². The van der Waals surface area contributed by atoms with Crippen molar-refractivity contribution < 1.29 is 9.53 Å². The van der Waals surface area contributed by atoms with E-state index >= 15 is 0 Å². The lowest BCUT2D eigenvalue weighted by molar-refractivity contribution is -0.123. The number of amides is 1. The van der Waals surface area contributed by atoms with Crippen LogP contribution >= 0.6 is 0 Å². The largest absolute Gasteiger partial charge is 0.381 e. The van der Waals surface area contributed by atoms with Crippen molar-refractivity contribution in [3.8, 4) is 0 Å². The summed E-state index contributed by atoms with van der Waals surface area (Å²) in [5, 5.41) is 3.26. The van der Waals surface area contributed by atoms with E-state index in [4.69, 9.17) is 4.74 Å². The number of carbonyl (C=O) groups is 1. The normalized spacial score (nSPS) is 24.2. The van der Waals surface area contributed by atoms with E-state index in [0.717, 1.165) is 32.5 Å². The van der Waals surface area contributed by atoms with Crippen LogP contribution in [0.3, 0.4) is 0 Å². The number of benzene rings is 1. The second kappa shape index (κ2) is 4.97. The summed E-state index contributed by atoms with van der Waals surface area (Å²) in [6.07, 6.45) is 3.74. The Balaban J connectivity index is 1.65. The second-order valence-electron chi connectivity index (χ2n) is 5.88. The van der Waals surface area contributed by atoms with Gasteiger partial charge in [-0.1, -0.05) is 24.3 Å². The van der Waals surface area contributed by atoms with Crippen molar-refractivity contribution >= 4 is 5.91 Å². The average Bonchev–Trinajstić information content (AvgIpc) is 2.97. The molecule has 0 bridgehead atoms. The molecule has 1 aliphatic heterocycles. The van der Waals surface area contributed by atoms with E-state index in [2.05, 4.69) is 30.4 Å². The van der Waals surface area contributed by atoms with Gasteiger partial charge in [0.1, 0.15) is 0 Å². The van der Waals surface area contributed by atoms with Crippen molar-refractivity contribution in [3.63, 3.8) is 0 Å². The summed E-state index contributed by atoms with van der Waals surface area (Å²) in [6.45, 7) is 3.66. The molecule has 1 aromatic rings. The van der Waals surface area contributed by atoms with E-state index in [9.17, 15) is 4.79 Å². The summed E-state index contributed by atoms with van der Waals surface area (Å²) >= 11 is 0. The molecule has 1 aromatic carbocycles. The molecule has 1 atom stereocenters. The summed E-state index contributed by atoms with van der Waals surface area (Å²) in [5.41, 5.74) is 2.47. The Hall–Kier alpha value is -1.35. The number of hydrogen-bond acceptors (Lipinski definition) is 2. The highest BCUT2D eigenvalue weighted by Crippen LogP contribution is 2.46. The highest BCUT2D eigenvalue weighted by atomic mass is 16.5. The van der Waals surface area contributed by atoms with Crippen molar-refractivity contribution in [2.24, 2.45) is 5.92 Å². The second-order valence-corrected chi connectivity index (χ2v) is 5.88. The number of nitrogens with one attached hydrogen (secondary N) is 1. The average molecular weight is 259 g/mol. The number of ether oxygens (including phenoxy) is 1. The Bertz CT molecular complexity index is 473. The molecule has 1 saturated heterocycles. The lowest BCUT2D eigenvalue weighted by Crippen LogP contribution is -2.36. The SMILES string of the molecule is Cc1ccccc1C1(NC(=O)C[C@@H]2CCOC2)CC1. The first-order valence-electron chi connectivity index (χ1n) is 7.14. The maximum Gasteiger partial charge on any atom is 0.221 e. The van der Waals surface area contributed by atoms with Crippen LogP contribution in [0.25, 0.3) is 0 Å². The van der Waals surface area contributed by atoms with Gasteiger partial charge >= 0.3 is 0 Å². The Labute approximate surface area is 114 Å². The first-order chi connectivity index (χ1) is 9.20. The van der Waals surface area contributed by atoms with Gasteiger partial charge in [-0.3, -0.25) is 4.79 Å². The van der Waals surface area contributed by atoms with Crippen LogP contribution in [0.2, 0.25) is 0 Å². The highest BCUT2D eigenvalue weighted by Gasteiger charge is 2.46. The van der Waals surface area contributed by atoms with Crippen molar-refractivity contribution in [3.05, 3.63) is 35.4 Å². The fourth-order valence-electron chi connectivity index (χ4n) is 3.02. The van der Waals surface area contributed by atoms with E-state index in [0.29, 0.717) is 12.3 Å². The first kappa shape index (κ1) is 12.7. The molecule has 3 rings (SSSR count). The van der Waals surface area contributed by atoms with Gasteiger partial charge in [-0.15, -0.1) is 0 Å². The van der Waals surface area contributed by atoms with Crippen molar-refractivity contribution in [1.29, 1.82) is 0 Å². The van der Waals surface area contributed by atoms with Gasteiger partial charge in [0.05, 0.1) is 5.54 Å². The summed E-state index contributed by atoms with van der Waals surface area (Å²) in [5.74, 6) is 0.587. The maximum atomic E-state index is 12.2. The van der Waals surface area contributed by atoms with E-state index < -0.39 is 0 Å². The molecule has 1 saturated carbocycles. The minimum Gasteiger partial charge on any atom is -0.381 e. The topological polar surface area (TPSA) is 38.3 Å². The Kier molecular flexibility index (Phi) is 3.31. The van der Waals surface area contributed by atoms with Gasteiger partial charge in [-0.05, 0) is 43.2 Å². The number of carbonyl (C=O) groups excluding carboxylic acids is 1. The number of rotatable bonds is 4. The third-order valence-electron chi connectivity index (χ3n) is 4.29. The molecule has 102 valence electrons. The molecule has 3 nitrogen and oxygen atoms in total. The molecule has 0 spiro atoms. The predicted molar refractivity (Wildman–Crippen MR) is 73.8 cm³/mol. The lowest BCUT2D eigenvalue weighted by atomic mass is 9.98. The van der Waals surface area contributed by atoms with E-state index in [1.807, 2.05) is 6.07 Å². The Morgan fingerprint density at radius 1 is 1.42 bits per heavy atom. The van der Waals surface area contributed by atoms with Gasteiger partial charge in [0.25, 0.3) is 0 Å². The lowest BCUT2D eigenvalue weighted by Gasteiger charge is -2.21. The van der Waals surface area contributed by atoms with Gasteiger partial charge in [-0.25, -0.2) is 0 Å². The molecule has 1 N–H and O–H groups in total. The molecule has 1 heterocycles. The third-order valence-corrected chi connectivity index (χ3v) is 4.29. The number of aryl methyl sites for hydroxylation is 1. The van der Waals surface area contributed by atoms with Crippen molar-refractivity contribution in [2.75, 3.05) is 13.2 Å². The van der Waals surface area contributed by atoms with Gasteiger partial charge in [-0.2, -0.15) is 0 Å². The zero-order chi connectivity index (χ0) is 13.3. The maximum absolute atomic E-state index is 12.2. The summed E-state index contributed by atoms with van der Waals surface area (Å²) < 4.78 is 5.33. The molecule has 1 amide bonds. The molecule has 2 fully saturated rings. The quantitative estimate of drug-likeness (QED) is 0.902. The Morgan fingerprint density at radius 2 is 2.21 bits per heavy atom. The van der Waals surface area contributed by atoms with Gasteiger partial charge in [0, 0.05) is 19.6 Å². The molecule has 3 heteroatoms.